The van der Waals surface area contributed by atoms with Crippen LogP contribution >= 0.6 is 27.5 Å². The lowest BCUT2D eigenvalue weighted by atomic mass is 10.3. The highest BCUT2D eigenvalue weighted by molar-refractivity contribution is 9.10. The van der Waals surface area contributed by atoms with Crippen LogP contribution < -0.4 is 0 Å². The lowest BCUT2D eigenvalue weighted by Gasteiger charge is -2.03. The molecule has 0 aliphatic carbocycles. The van der Waals surface area contributed by atoms with Gasteiger partial charge >= 0.3 is 0 Å². The normalized spacial score (nSPS) is 10.8. The van der Waals surface area contributed by atoms with E-state index in [1.807, 2.05) is 30.7 Å². The molecule has 0 N–H and O–H groups in total. The van der Waals surface area contributed by atoms with Crippen molar-refractivity contribution in [2.24, 2.45) is 0 Å². The molecule has 0 spiro atoms. The van der Waals surface area contributed by atoms with Crippen LogP contribution in [0.2, 0.25) is 0 Å². The zero-order valence-corrected chi connectivity index (χ0v) is 11.4. The van der Waals surface area contributed by atoms with E-state index in [9.17, 15) is 0 Å². The number of nitrogens with zero attached hydrogens (tertiary/aromatic N) is 3. The van der Waals surface area contributed by atoms with Gasteiger partial charge in [0.25, 0.3) is 0 Å². The second-order valence-electron chi connectivity index (χ2n) is 3.55. The first-order chi connectivity index (χ1) is 7.63. The van der Waals surface area contributed by atoms with E-state index in [1.165, 1.54) is 0 Å². The van der Waals surface area contributed by atoms with Gasteiger partial charge in [-0.15, -0.1) is 11.6 Å². The summed E-state index contributed by atoms with van der Waals surface area (Å²) in [5, 5.41) is 4.41. The maximum atomic E-state index is 5.72. The van der Waals surface area contributed by atoms with Gasteiger partial charge in [-0.2, -0.15) is 5.10 Å². The van der Waals surface area contributed by atoms with E-state index in [4.69, 9.17) is 11.6 Å². The van der Waals surface area contributed by atoms with Crippen molar-refractivity contribution in [2.75, 3.05) is 0 Å². The Morgan fingerprint density at radius 1 is 1.38 bits per heavy atom. The minimum atomic E-state index is 0.480. The third-order valence-corrected chi connectivity index (χ3v) is 3.84. The highest BCUT2D eigenvalue weighted by Crippen LogP contribution is 2.22. The summed E-state index contributed by atoms with van der Waals surface area (Å²) in [5.41, 5.74) is 3.01. The zero-order chi connectivity index (χ0) is 11.7. The molecule has 0 saturated heterocycles. The van der Waals surface area contributed by atoms with Crippen LogP contribution in [0.15, 0.2) is 22.8 Å². The molecule has 5 heteroatoms. The predicted octanol–water partition coefficient (Wildman–Crippen LogP) is 3.39. The van der Waals surface area contributed by atoms with Gasteiger partial charge in [0.2, 0.25) is 0 Å². The van der Waals surface area contributed by atoms with Crippen molar-refractivity contribution in [1.29, 1.82) is 0 Å². The average Bonchev–Trinajstić information content (AvgIpc) is 2.57. The van der Waals surface area contributed by atoms with Crippen LogP contribution in [0.25, 0.3) is 5.82 Å². The highest BCUT2D eigenvalue weighted by Gasteiger charge is 2.10. The number of halogens is 2. The number of hydrogen-bond donors (Lipinski definition) is 0. The molecule has 0 unspecified atom stereocenters. The molecular formula is C11H11BrClN3. The minimum Gasteiger partial charge on any atom is -0.237 e. The predicted molar refractivity (Wildman–Crippen MR) is 68.1 cm³/mol. The van der Waals surface area contributed by atoms with Crippen LogP contribution in [0.1, 0.15) is 17.0 Å². The molecule has 3 nitrogen and oxygen atoms in total. The molecule has 0 aliphatic rings. The SMILES string of the molecule is Cc1nn(-c2ccc(CCl)cn2)c(C)c1Br. The van der Waals surface area contributed by atoms with E-state index >= 15 is 0 Å². The Balaban J connectivity index is 2.46. The Kier molecular flexibility index (Phi) is 3.30. The van der Waals surface area contributed by atoms with Gasteiger partial charge in [0.05, 0.1) is 15.9 Å². The summed E-state index contributed by atoms with van der Waals surface area (Å²) in [6.07, 6.45) is 1.77. The quantitative estimate of drug-likeness (QED) is 0.796. The fourth-order valence-corrected chi connectivity index (χ4v) is 1.87. The van der Waals surface area contributed by atoms with Crippen LogP contribution in [0.3, 0.4) is 0 Å². The molecule has 2 aromatic heterocycles. The lowest BCUT2D eigenvalue weighted by molar-refractivity contribution is 0.804. The van der Waals surface area contributed by atoms with E-state index in [2.05, 4.69) is 26.0 Å². The summed E-state index contributed by atoms with van der Waals surface area (Å²) in [6.45, 7) is 3.96. The van der Waals surface area contributed by atoms with Gasteiger partial charge in [0.15, 0.2) is 5.82 Å². The molecular weight excluding hydrogens is 289 g/mol. The molecule has 0 radical (unpaired) electrons. The Hall–Kier alpha value is -0.870. The number of aromatic nitrogens is 3. The van der Waals surface area contributed by atoms with Crippen molar-refractivity contribution < 1.29 is 0 Å². The average molecular weight is 301 g/mol. The molecule has 0 atom stereocenters. The molecule has 2 aromatic rings. The standard InChI is InChI=1S/C11H11BrClN3/c1-7-11(12)8(2)16(15-7)10-4-3-9(5-13)6-14-10/h3-4,6H,5H2,1-2H3. The van der Waals surface area contributed by atoms with Crippen LogP contribution in [0.5, 0.6) is 0 Å². The fraction of sp³-hybridized carbons (Fsp3) is 0.273. The van der Waals surface area contributed by atoms with E-state index in [1.54, 1.807) is 6.20 Å². The minimum absolute atomic E-state index is 0.480. The van der Waals surface area contributed by atoms with Crippen LogP contribution in [0, 0.1) is 13.8 Å². The Morgan fingerprint density at radius 2 is 2.12 bits per heavy atom. The molecule has 0 aromatic carbocycles. The van der Waals surface area contributed by atoms with Gasteiger partial charge in [0.1, 0.15) is 0 Å². The topological polar surface area (TPSA) is 30.7 Å². The van der Waals surface area contributed by atoms with Crippen LogP contribution in [-0.4, -0.2) is 14.8 Å². The lowest BCUT2D eigenvalue weighted by Crippen LogP contribution is -2.01. The fourth-order valence-electron chi connectivity index (χ4n) is 1.47. The van der Waals surface area contributed by atoms with Crippen LogP contribution in [-0.2, 0) is 5.88 Å². The molecule has 16 heavy (non-hydrogen) atoms. The summed E-state index contributed by atoms with van der Waals surface area (Å²) in [6, 6.07) is 3.88. The number of alkyl halides is 1. The highest BCUT2D eigenvalue weighted by atomic mass is 79.9. The van der Waals surface area contributed by atoms with Crippen molar-refractivity contribution >= 4 is 27.5 Å². The Morgan fingerprint density at radius 3 is 2.56 bits per heavy atom. The van der Waals surface area contributed by atoms with Crippen molar-refractivity contribution in [1.82, 2.24) is 14.8 Å². The van der Waals surface area contributed by atoms with E-state index in [-0.39, 0.29) is 0 Å². The van der Waals surface area contributed by atoms with Gasteiger partial charge in [0, 0.05) is 12.1 Å². The molecule has 0 fully saturated rings. The summed E-state index contributed by atoms with van der Waals surface area (Å²) in [5.74, 6) is 1.29. The van der Waals surface area contributed by atoms with Crippen molar-refractivity contribution in [2.45, 2.75) is 19.7 Å². The maximum absolute atomic E-state index is 5.72. The summed E-state index contributed by atoms with van der Waals surface area (Å²) in [4.78, 5) is 4.33. The largest absolute Gasteiger partial charge is 0.237 e. The molecule has 2 rings (SSSR count). The van der Waals surface area contributed by atoms with Gasteiger partial charge in [-0.1, -0.05) is 6.07 Å². The first-order valence-electron chi connectivity index (χ1n) is 4.86. The smallest absolute Gasteiger partial charge is 0.153 e. The first-order valence-corrected chi connectivity index (χ1v) is 6.19. The van der Waals surface area contributed by atoms with Crippen molar-refractivity contribution in [3.05, 3.63) is 39.8 Å². The number of pyridine rings is 1. The molecule has 0 amide bonds. The van der Waals surface area contributed by atoms with E-state index < -0.39 is 0 Å². The summed E-state index contributed by atoms with van der Waals surface area (Å²) >= 11 is 9.21. The molecule has 0 bridgehead atoms. The van der Waals surface area contributed by atoms with E-state index in [0.29, 0.717) is 5.88 Å². The number of aryl methyl sites for hydroxylation is 1. The molecule has 84 valence electrons. The third kappa shape index (κ3) is 1.99. The van der Waals surface area contributed by atoms with Gasteiger partial charge in [-0.05, 0) is 41.4 Å². The zero-order valence-electron chi connectivity index (χ0n) is 9.04. The maximum Gasteiger partial charge on any atom is 0.153 e. The number of rotatable bonds is 2. The molecule has 0 aliphatic heterocycles. The first kappa shape index (κ1) is 11.6. The van der Waals surface area contributed by atoms with Crippen molar-refractivity contribution in [3.8, 4) is 5.82 Å². The summed E-state index contributed by atoms with van der Waals surface area (Å²) < 4.78 is 2.84. The van der Waals surface area contributed by atoms with Gasteiger partial charge < -0.3 is 0 Å². The molecule has 0 saturated carbocycles. The third-order valence-electron chi connectivity index (χ3n) is 2.38. The van der Waals surface area contributed by atoms with Crippen molar-refractivity contribution in [3.63, 3.8) is 0 Å². The monoisotopic (exact) mass is 299 g/mol. The second-order valence-corrected chi connectivity index (χ2v) is 4.62. The Labute approximate surface area is 108 Å². The summed E-state index contributed by atoms with van der Waals surface area (Å²) in [7, 11) is 0. The van der Waals surface area contributed by atoms with Gasteiger partial charge in [-0.3, -0.25) is 0 Å². The Bertz CT molecular complexity index is 505. The van der Waals surface area contributed by atoms with Gasteiger partial charge in [-0.25, -0.2) is 9.67 Å². The molecule has 2 heterocycles. The second kappa shape index (κ2) is 4.55. The van der Waals surface area contributed by atoms with Crippen LogP contribution in [0.4, 0.5) is 0 Å². The van der Waals surface area contributed by atoms with E-state index in [0.717, 1.165) is 27.2 Å². The number of hydrogen-bond acceptors (Lipinski definition) is 2.